The SMILES string of the molecule is CCC1(CC)CCCC(CC)(CC)C1S(=O)(=O)O. The topological polar surface area (TPSA) is 54.4 Å². The summed E-state index contributed by atoms with van der Waals surface area (Å²) in [5.41, 5.74) is -0.476. The minimum atomic E-state index is -3.99. The van der Waals surface area contributed by atoms with Crippen LogP contribution in [0.5, 0.6) is 0 Å². The van der Waals surface area contributed by atoms with Crippen LogP contribution in [0.1, 0.15) is 72.6 Å². The van der Waals surface area contributed by atoms with E-state index in [1.54, 1.807) is 0 Å². The molecule has 1 fully saturated rings. The summed E-state index contributed by atoms with van der Waals surface area (Å²) in [6.45, 7) is 8.23. The van der Waals surface area contributed by atoms with E-state index in [0.717, 1.165) is 44.9 Å². The van der Waals surface area contributed by atoms with Gasteiger partial charge in [-0.2, -0.15) is 8.42 Å². The van der Waals surface area contributed by atoms with E-state index in [2.05, 4.69) is 27.7 Å². The number of rotatable bonds is 5. The van der Waals surface area contributed by atoms with Crippen molar-refractivity contribution in [2.24, 2.45) is 10.8 Å². The number of hydrogen-bond donors (Lipinski definition) is 1. The lowest BCUT2D eigenvalue weighted by atomic mass is 9.57. The first-order chi connectivity index (χ1) is 8.32. The van der Waals surface area contributed by atoms with Crippen molar-refractivity contribution in [1.29, 1.82) is 0 Å². The highest BCUT2D eigenvalue weighted by Crippen LogP contribution is 2.56. The molecule has 1 N–H and O–H groups in total. The van der Waals surface area contributed by atoms with Gasteiger partial charge in [-0.3, -0.25) is 4.55 Å². The van der Waals surface area contributed by atoms with E-state index in [-0.39, 0.29) is 10.8 Å². The van der Waals surface area contributed by atoms with Gasteiger partial charge >= 0.3 is 0 Å². The maximum atomic E-state index is 12.0. The molecular weight excluding hydrogens is 248 g/mol. The Hall–Kier alpha value is -0.0900. The van der Waals surface area contributed by atoms with Crippen LogP contribution in [0.3, 0.4) is 0 Å². The van der Waals surface area contributed by atoms with E-state index < -0.39 is 15.4 Å². The van der Waals surface area contributed by atoms with Gasteiger partial charge in [0.1, 0.15) is 0 Å². The Labute approximate surface area is 112 Å². The molecule has 0 atom stereocenters. The van der Waals surface area contributed by atoms with Crippen molar-refractivity contribution in [3.63, 3.8) is 0 Å². The average molecular weight is 276 g/mol. The monoisotopic (exact) mass is 276 g/mol. The molecule has 0 spiro atoms. The molecule has 1 saturated carbocycles. The van der Waals surface area contributed by atoms with Crippen LogP contribution in [0.2, 0.25) is 0 Å². The lowest BCUT2D eigenvalue weighted by Crippen LogP contribution is -2.54. The highest BCUT2D eigenvalue weighted by atomic mass is 32.2. The molecule has 18 heavy (non-hydrogen) atoms. The summed E-state index contributed by atoms with van der Waals surface area (Å²) < 4.78 is 33.8. The normalized spacial score (nSPS) is 24.1. The van der Waals surface area contributed by atoms with Gasteiger partial charge in [0.15, 0.2) is 0 Å². The summed E-state index contributed by atoms with van der Waals surface area (Å²) >= 11 is 0. The first kappa shape index (κ1) is 16.0. The molecule has 1 aliphatic carbocycles. The molecule has 0 bridgehead atoms. The average Bonchev–Trinajstić information content (AvgIpc) is 2.36. The molecule has 0 radical (unpaired) electrons. The Kier molecular flexibility index (Phi) is 4.87. The van der Waals surface area contributed by atoms with Gasteiger partial charge in [0, 0.05) is 0 Å². The lowest BCUT2D eigenvalue weighted by Gasteiger charge is -2.52. The predicted octanol–water partition coefficient (Wildman–Crippen LogP) is 4.04. The van der Waals surface area contributed by atoms with Crippen LogP contribution in [0, 0.1) is 10.8 Å². The van der Waals surface area contributed by atoms with Crippen molar-refractivity contribution in [2.75, 3.05) is 0 Å². The van der Waals surface area contributed by atoms with Gasteiger partial charge in [0.25, 0.3) is 10.1 Å². The number of hydrogen-bond acceptors (Lipinski definition) is 2. The van der Waals surface area contributed by atoms with E-state index in [1.807, 2.05) is 0 Å². The highest BCUT2D eigenvalue weighted by molar-refractivity contribution is 7.86. The van der Waals surface area contributed by atoms with Crippen molar-refractivity contribution in [1.82, 2.24) is 0 Å². The quantitative estimate of drug-likeness (QED) is 0.771. The summed E-state index contributed by atoms with van der Waals surface area (Å²) in [6.07, 6.45) is 6.24. The summed E-state index contributed by atoms with van der Waals surface area (Å²) in [4.78, 5) is 0. The summed E-state index contributed by atoms with van der Waals surface area (Å²) in [5, 5.41) is -0.587. The molecule has 108 valence electrons. The Morgan fingerprint density at radius 3 is 1.50 bits per heavy atom. The van der Waals surface area contributed by atoms with E-state index in [1.165, 1.54) is 0 Å². The summed E-state index contributed by atoms with van der Waals surface area (Å²) in [6, 6.07) is 0. The Bertz CT molecular complexity index is 345. The molecule has 0 aromatic rings. The third-order valence-corrected chi connectivity index (χ3v) is 7.17. The first-order valence-corrected chi connectivity index (χ1v) is 8.78. The molecule has 0 saturated heterocycles. The standard InChI is InChI=1S/C14H28O3S/c1-5-13(6-2)10-9-11-14(7-3,8-4)12(13)18(15,16)17/h12H,5-11H2,1-4H3,(H,15,16,17). The predicted molar refractivity (Wildman–Crippen MR) is 75.2 cm³/mol. The fraction of sp³-hybridized carbons (Fsp3) is 1.00. The van der Waals surface area contributed by atoms with Gasteiger partial charge < -0.3 is 0 Å². The minimum Gasteiger partial charge on any atom is -0.285 e. The summed E-state index contributed by atoms with van der Waals surface area (Å²) in [7, 11) is -3.99. The van der Waals surface area contributed by atoms with Gasteiger partial charge in [-0.05, 0) is 49.4 Å². The Balaban J connectivity index is 3.38. The van der Waals surface area contributed by atoms with Crippen LogP contribution in [-0.4, -0.2) is 18.2 Å². The largest absolute Gasteiger partial charge is 0.285 e. The second-order valence-electron chi connectivity index (χ2n) is 5.89. The summed E-state index contributed by atoms with van der Waals surface area (Å²) in [5.74, 6) is 0. The fourth-order valence-electron chi connectivity index (χ4n) is 4.28. The van der Waals surface area contributed by atoms with Gasteiger partial charge in [-0.1, -0.05) is 34.1 Å². The highest BCUT2D eigenvalue weighted by Gasteiger charge is 2.56. The van der Waals surface area contributed by atoms with Gasteiger partial charge in [0.05, 0.1) is 5.25 Å². The smallest absolute Gasteiger partial charge is 0.268 e. The van der Waals surface area contributed by atoms with E-state index >= 15 is 0 Å². The molecule has 3 nitrogen and oxygen atoms in total. The minimum absolute atomic E-state index is 0.238. The van der Waals surface area contributed by atoms with Crippen LogP contribution in [0.4, 0.5) is 0 Å². The van der Waals surface area contributed by atoms with Gasteiger partial charge in [-0.25, -0.2) is 0 Å². The van der Waals surface area contributed by atoms with Crippen molar-refractivity contribution in [2.45, 2.75) is 77.9 Å². The second-order valence-corrected chi connectivity index (χ2v) is 7.39. The molecule has 0 unspecified atom stereocenters. The molecule has 0 aromatic heterocycles. The molecule has 0 amide bonds. The van der Waals surface area contributed by atoms with Crippen LogP contribution in [-0.2, 0) is 10.1 Å². The maximum Gasteiger partial charge on any atom is 0.268 e. The fourth-order valence-corrected chi connectivity index (χ4v) is 6.45. The van der Waals surface area contributed by atoms with Crippen LogP contribution >= 0.6 is 0 Å². The van der Waals surface area contributed by atoms with Gasteiger partial charge in [0.2, 0.25) is 0 Å². The van der Waals surface area contributed by atoms with Crippen molar-refractivity contribution >= 4 is 10.1 Å². The lowest BCUT2D eigenvalue weighted by molar-refractivity contribution is 0.0449. The molecule has 1 rings (SSSR count). The second kappa shape index (κ2) is 5.49. The van der Waals surface area contributed by atoms with Crippen LogP contribution < -0.4 is 0 Å². The van der Waals surface area contributed by atoms with E-state index in [0.29, 0.717) is 0 Å². The van der Waals surface area contributed by atoms with Crippen LogP contribution in [0.25, 0.3) is 0 Å². The van der Waals surface area contributed by atoms with E-state index in [4.69, 9.17) is 0 Å². The molecule has 0 aliphatic heterocycles. The molecular formula is C14H28O3S. The Morgan fingerprint density at radius 1 is 0.944 bits per heavy atom. The van der Waals surface area contributed by atoms with Crippen molar-refractivity contribution in [3.05, 3.63) is 0 Å². The zero-order valence-electron chi connectivity index (χ0n) is 12.2. The maximum absolute atomic E-state index is 12.0. The molecule has 0 heterocycles. The molecule has 1 aliphatic rings. The van der Waals surface area contributed by atoms with Crippen molar-refractivity contribution in [3.8, 4) is 0 Å². The van der Waals surface area contributed by atoms with Crippen LogP contribution in [0.15, 0.2) is 0 Å². The molecule has 0 aromatic carbocycles. The third kappa shape index (κ3) is 2.46. The zero-order valence-corrected chi connectivity index (χ0v) is 13.0. The first-order valence-electron chi connectivity index (χ1n) is 7.28. The third-order valence-electron chi connectivity index (χ3n) is 5.58. The van der Waals surface area contributed by atoms with Crippen molar-refractivity contribution < 1.29 is 13.0 Å². The van der Waals surface area contributed by atoms with E-state index in [9.17, 15) is 13.0 Å². The zero-order chi connectivity index (χ0) is 14.0. The molecule has 4 heteroatoms. The van der Waals surface area contributed by atoms with Gasteiger partial charge in [-0.15, -0.1) is 0 Å². The Morgan fingerprint density at radius 2 is 1.28 bits per heavy atom.